The summed E-state index contributed by atoms with van der Waals surface area (Å²) in [5, 5.41) is 6.41. The van der Waals surface area contributed by atoms with Gasteiger partial charge in [0.05, 0.1) is 10.7 Å². The zero-order valence-electron chi connectivity index (χ0n) is 12.4. The van der Waals surface area contributed by atoms with Crippen LogP contribution in [0.4, 0.5) is 14.9 Å². The van der Waals surface area contributed by atoms with E-state index >= 15 is 0 Å². The molecule has 0 atom stereocenters. The lowest BCUT2D eigenvalue weighted by atomic mass is 9.86. The van der Waals surface area contributed by atoms with Crippen molar-refractivity contribution in [3.8, 4) is 0 Å². The minimum absolute atomic E-state index is 0.0940. The number of benzene rings is 1. The molecule has 1 aliphatic carbocycles. The molecule has 1 amide bonds. The Morgan fingerprint density at radius 2 is 2.00 bits per heavy atom. The Morgan fingerprint density at radius 1 is 1.33 bits per heavy atom. The smallest absolute Gasteiger partial charge is 0.407 e. The lowest BCUT2D eigenvalue weighted by molar-refractivity contribution is 0.0475. The highest BCUT2D eigenvalue weighted by Gasteiger charge is 2.31. The highest BCUT2D eigenvalue weighted by molar-refractivity contribution is 6.33. The summed E-state index contributed by atoms with van der Waals surface area (Å²) in [6, 6.07) is 4.57. The minimum Gasteiger partial charge on any atom is -0.444 e. The van der Waals surface area contributed by atoms with E-state index in [0.717, 1.165) is 12.8 Å². The quantitative estimate of drug-likeness (QED) is 0.888. The number of nitrogens with one attached hydrogen (secondary N) is 2. The van der Waals surface area contributed by atoms with Crippen LogP contribution < -0.4 is 10.6 Å². The fourth-order valence-electron chi connectivity index (χ4n) is 2.15. The Morgan fingerprint density at radius 3 is 2.57 bits per heavy atom. The maximum atomic E-state index is 12.9. The molecule has 0 aliphatic heterocycles. The first-order valence-corrected chi connectivity index (χ1v) is 7.32. The normalized spacial score (nSPS) is 21.4. The van der Waals surface area contributed by atoms with Gasteiger partial charge in [-0.15, -0.1) is 0 Å². The van der Waals surface area contributed by atoms with Crippen molar-refractivity contribution in [2.45, 2.75) is 51.3 Å². The highest BCUT2D eigenvalue weighted by atomic mass is 35.5. The number of hydrogen-bond acceptors (Lipinski definition) is 3. The maximum absolute atomic E-state index is 12.9. The van der Waals surface area contributed by atoms with E-state index < -0.39 is 11.7 Å². The van der Waals surface area contributed by atoms with Crippen LogP contribution in [0.2, 0.25) is 5.02 Å². The first-order chi connectivity index (χ1) is 9.73. The summed E-state index contributed by atoms with van der Waals surface area (Å²) in [5.41, 5.74) is 0.214. The lowest BCUT2D eigenvalue weighted by Crippen LogP contribution is -2.50. The topological polar surface area (TPSA) is 50.4 Å². The van der Waals surface area contributed by atoms with Gasteiger partial charge in [-0.25, -0.2) is 9.18 Å². The van der Waals surface area contributed by atoms with E-state index in [1.807, 2.05) is 20.8 Å². The SMILES string of the molecule is CC(C)(C)OC(=O)NC1CC(Nc2ccc(F)cc2Cl)C1. The highest BCUT2D eigenvalue weighted by Crippen LogP contribution is 2.29. The molecule has 0 heterocycles. The molecule has 2 N–H and O–H groups in total. The number of amides is 1. The Balaban J connectivity index is 1.75. The van der Waals surface area contributed by atoms with Crippen molar-refractivity contribution in [2.24, 2.45) is 0 Å². The van der Waals surface area contributed by atoms with E-state index in [4.69, 9.17) is 16.3 Å². The van der Waals surface area contributed by atoms with Crippen molar-refractivity contribution in [1.82, 2.24) is 5.32 Å². The van der Waals surface area contributed by atoms with Crippen LogP contribution in [-0.2, 0) is 4.74 Å². The van der Waals surface area contributed by atoms with Crippen molar-refractivity contribution in [3.63, 3.8) is 0 Å². The zero-order valence-corrected chi connectivity index (χ0v) is 13.1. The molecule has 0 spiro atoms. The third-order valence-corrected chi connectivity index (χ3v) is 3.46. The van der Waals surface area contributed by atoms with Crippen LogP contribution in [0.25, 0.3) is 0 Å². The van der Waals surface area contributed by atoms with Crippen molar-refractivity contribution in [2.75, 3.05) is 5.32 Å². The van der Waals surface area contributed by atoms with E-state index in [1.54, 1.807) is 6.07 Å². The summed E-state index contributed by atoms with van der Waals surface area (Å²) in [6.07, 6.45) is 1.17. The second-order valence-electron chi connectivity index (χ2n) is 6.28. The fraction of sp³-hybridized carbons (Fsp3) is 0.533. The molecule has 2 rings (SSSR count). The molecule has 0 saturated heterocycles. The molecule has 116 valence electrons. The van der Waals surface area contributed by atoms with E-state index in [0.29, 0.717) is 10.7 Å². The van der Waals surface area contributed by atoms with Crippen LogP contribution in [-0.4, -0.2) is 23.8 Å². The second kappa shape index (κ2) is 6.10. The molecule has 1 aromatic carbocycles. The van der Waals surface area contributed by atoms with Gasteiger partial charge in [0.2, 0.25) is 0 Å². The monoisotopic (exact) mass is 314 g/mol. The molecule has 1 fully saturated rings. The van der Waals surface area contributed by atoms with Gasteiger partial charge in [0, 0.05) is 12.1 Å². The van der Waals surface area contributed by atoms with Crippen LogP contribution >= 0.6 is 11.6 Å². The van der Waals surface area contributed by atoms with Gasteiger partial charge in [-0.3, -0.25) is 0 Å². The molecule has 1 aromatic rings. The number of halogens is 2. The Hall–Kier alpha value is -1.49. The Kier molecular flexibility index (Phi) is 4.61. The third-order valence-electron chi connectivity index (χ3n) is 3.15. The number of carbonyl (C=O) groups excluding carboxylic acids is 1. The summed E-state index contributed by atoms with van der Waals surface area (Å²) in [4.78, 5) is 11.6. The summed E-state index contributed by atoms with van der Waals surface area (Å²) in [6.45, 7) is 5.48. The first-order valence-electron chi connectivity index (χ1n) is 6.94. The Bertz CT molecular complexity index is 525. The molecule has 6 heteroatoms. The van der Waals surface area contributed by atoms with Gasteiger partial charge in [0.15, 0.2) is 0 Å². The van der Waals surface area contributed by atoms with E-state index in [9.17, 15) is 9.18 Å². The van der Waals surface area contributed by atoms with Crippen molar-refractivity contribution < 1.29 is 13.9 Å². The summed E-state index contributed by atoms with van der Waals surface area (Å²) < 4.78 is 18.1. The number of ether oxygens (including phenoxy) is 1. The van der Waals surface area contributed by atoms with Gasteiger partial charge in [0.25, 0.3) is 0 Å². The summed E-state index contributed by atoms with van der Waals surface area (Å²) in [7, 11) is 0. The van der Waals surface area contributed by atoms with Gasteiger partial charge in [-0.1, -0.05) is 11.6 Å². The minimum atomic E-state index is -0.493. The predicted molar refractivity (Wildman–Crippen MR) is 81.2 cm³/mol. The first kappa shape index (κ1) is 15.9. The standard InChI is InChI=1S/C15H20ClFN2O2/c1-15(2,3)21-14(20)19-11-7-10(8-11)18-13-5-4-9(17)6-12(13)16/h4-6,10-11,18H,7-8H2,1-3H3,(H,19,20). The molecular formula is C15H20ClFN2O2. The molecule has 1 aliphatic rings. The van der Waals surface area contributed by atoms with Crippen LogP contribution in [0.3, 0.4) is 0 Å². The Labute approximate surface area is 129 Å². The van der Waals surface area contributed by atoms with Crippen LogP contribution in [0.15, 0.2) is 18.2 Å². The third kappa shape index (κ3) is 4.77. The molecule has 0 aromatic heterocycles. The summed E-state index contributed by atoms with van der Waals surface area (Å²) >= 11 is 5.96. The van der Waals surface area contributed by atoms with E-state index in [-0.39, 0.29) is 17.9 Å². The molecule has 0 unspecified atom stereocenters. The van der Waals surface area contributed by atoms with Gasteiger partial charge < -0.3 is 15.4 Å². The molecule has 4 nitrogen and oxygen atoms in total. The molecule has 0 radical (unpaired) electrons. The average Bonchev–Trinajstić information content (AvgIpc) is 2.26. The number of hydrogen-bond donors (Lipinski definition) is 2. The zero-order chi connectivity index (χ0) is 15.6. The fourth-order valence-corrected chi connectivity index (χ4v) is 2.38. The van der Waals surface area contributed by atoms with E-state index in [2.05, 4.69) is 10.6 Å². The molecule has 0 bridgehead atoms. The number of rotatable bonds is 3. The predicted octanol–water partition coefficient (Wildman–Crippen LogP) is 3.95. The molecule has 1 saturated carbocycles. The number of anilines is 1. The molecular weight excluding hydrogens is 295 g/mol. The van der Waals surface area contributed by atoms with Gasteiger partial charge in [-0.05, 0) is 51.8 Å². The largest absolute Gasteiger partial charge is 0.444 e. The van der Waals surface area contributed by atoms with Gasteiger partial charge >= 0.3 is 6.09 Å². The maximum Gasteiger partial charge on any atom is 0.407 e. The van der Waals surface area contributed by atoms with Crippen molar-refractivity contribution >= 4 is 23.4 Å². The van der Waals surface area contributed by atoms with Gasteiger partial charge in [-0.2, -0.15) is 0 Å². The van der Waals surface area contributed by atoms with Crippen LogP contribution in [0.5, 0.6) is 0 Å². The van der Waals surface area contributed by atoms with Gasteiger partial charge in [0.1, 0.15) is 11.4 Å². The average molecular weight is 315 g/mol. The lowest BCUT2D eigenvalue weighted by Gasteiger charge is -2.37. The van der Waals surface area contributed by atoms with Crippen LogP contribution in [0, 0.1) is 5.82 Å². The second-order valence-corrected chi connectivity index (χ2v) is 6.69. The molecule has 21 heavy (non-hydrogen) atoms. The van der Waals surface area contributed by atoms with Crippen molar-refractivity contribution in [3.05, 3.63) is 29.0 Å². The summed E-state index contributed by atoms with van der Waals surface area (Å²) in [5.74, 6) is -0.358. The number of carbonyl (C=O) groups is 1. The number of alkyl carbamates (subject to hydrolysis) is 1. The van der Waals surface area contributed by atoms with Crippen molar-refractivity contribution in [1.29, 1.82) is 0 Å². The van der Waals surface area contributed by atoms with Crippen LogP contribution in [0.1, 0.15) is 33.6 Å². The van der Waals surface area contributed by atoms with E-state index in [1.165, 1.54) is 12.1 Å².